The van der Waals surface area contributed by atoms with E-state index in [1.807, 2.05) is 51.1 Å². The minimum absolute atomic E-state index is 0.223. The average molecular weight is 518 g/mol. The van der Waals surface area contributed by atoms with Gasteiger partial charge in [-0.15, -0.1) is 0 Å². The van der Waals surface area contributed by atoms with E-state index in [0.717, 1.165) is 29.0 Å². The van der Waals surface area contributed by atoms with Gasteiger partial charge in [0.05, 0.1) is 18.6 Å². The van der Waals surface area contributed by atoms with Crippen LogP contribution in [-0.2, 0) is 26.0 Å². The number of anilines is 1. The first-order valence-electron chi connectivity index (χ1n) is 12.5. The zero-order valence-corrected chi connectivity index (χ0v) is 22.6. The molecule has 36 heavy (non-hydrogen) atoms. The highest BCUT2D eigenvalue weighted by Gasteiger charge is 2.31. The number of hydrogen-bond donors (Lipinski definition) is 1. The van der Waals surface area contributed by atoms with Crippen molar-refractivity contribution >= 4 is 27.5 Å². The summed E-state index contributed by atoms with van der Waals surface area (Å²) < 4.78 is 31.9. The van der Waals surface area contributed by atoms with Gasteiger partial charge >= 0.3 is 0 Å². The van der Waals surface area contributed by atoms with Gasteiger partial charge in [-0.1, -0.05) is 50.6 Å². The Morgan fingerprint density at radius 3 is 2.22 bits per heavy atom. The third-order valence-corrected chi connectivity index (χ3v) is 6.96. The third-order valence-electron chi connectivity index (χ3n) is 5.81. The summed E-state index contributed by atoms with van der Waals surface area (Å²) in [4.78, 5) is 28.1. The number of sulfonamides is 1. The first kappa shape index (κ1) is 29.2. The molecule has 2 rings (SSSR count). The van der Waals surface area contributed by atoms with Crippen LogP contribution in [0.4, 0.5) is 5.69 Å². The van der Waals surface area contributed by atoms with E-state index in [-0.39, 0.29) is 5.91 Å². The van der Waals surface area contributed by atoms with Crippen LogP contribution in [0.3, 0.4) is 0 Å². The number of carbonyl (C=O) groups is 2. The van der Waals surface area contributed by atoms with E-state index in [4.69, 9.17) is 4.74 Å². The van der Waals surface area contributed by atoms with Crippen molar-refractivity contribution in [3.63, 3.8) is 0 Å². The standard InChI is InChI=1S/C27H39N3O5S/c1-5-8-19-28-27(32)25(6-2)29(20-18-22-12-10-9-11-13-22)26(31)21-30(36(4,33)34)23-14-16-24(17-15-23)35-7-3/h9-17,25H,5-8,18-21H2,1-4H3,(H,28,32)/t25-/m1/s1. The van der Waals surface area contributed by atoms with Gasteiger partial charge in [0.1, 0.15) is 18.3 Å². The Bertz CT molecular complexity index is 1060. The molecule has 0 aliphatic heterocycles. The largest absolute Gasteiger partial charge is 0.494 e. The van der Waals surface area contributed by atoms with Gasteiger partial charge in [-0.2, -0.15) is 0 Å². The fourth-order valence-corrected chi connectivity index (χ4v) is 4.74. The minimum atomic E-state index is -3.76. The number of amides is 2. The Labute approximate surface area is 215 Å². The van der Waals surface area contributed by atoms with E-state index in [1.165, 1.54) is 4.90 Å². The second kappa shape index (κ2) is 14.5. The highest BCUT2D eigenvalue weighted by atomic mass is 32.2. The van der Waals surface area contributed by atoms with Gasteiger partial charge in [-0.25, -0.2) is 8.42 Å². The van der Waals surface area contributed by atoms with Crippen LogP contribution in [0.2, 0.25) is 0 Å². The highest BCUT2D eigenvalue weighted by Crippen LogP contribution is 2.22. The Balaban J connectivity index is 2.31. The quantitative estimate of drug-likeness (QED) is 0.364. The molecule has 0 aromatic heterocycles. The summed E-state index contributed by atoms with van der Waals surface area (Å²) in [6.07, 6.45) is 3.83. The van der Waals surface area contributed by atoms with Gasteiger partial charge in [-0.3, -0.25) is 13.9 Å². The first-order valence-corrected chi connectivity index (χ1v) is 14.4. The molecule has 1 atom stereocenters. The zero-order valence-electron chi connectivity index (χ0n) is 21.8. The molecule has 2 aromatic rings. The van der Waals surface area contributed by atoms with Crippen LogP contribution in [-0.4, -0.2) is 63.7 Å². The van der Waals surface area contributed by atoms with Crippen molar-refractivity contribution in [2.24, 2.45) is 0 Å². The molecule has 8 nitrogen and oxygen atoms in total. The highest BCUT2D eigenvalue weighted by molar-refractivity contribution is 7.92. The molecule has 2 amide bonds. The van der Waals surface area contributed by atoms with Crippen molar-refractivity contribution in [3.05, 3.63) is 60.2 Å². The Morgan fingerprint density at radius 1 is 1.00 bits per heavy atom. The number of ether oxygens (including phenoxy) is 1. The number of nitrogens with one attached hydrogen (secondary N) is 1. The first-order chi connectivity index (χ1) is 17.2. The summed E-state index contributed by atoms with van der Waals surface area (Å²) in [6.45, 7) is 6.68. The van der Waals surface area contributed by atoms with Crippen molar-refractivity contribution in [2.45, 2.75) is 52.5 Å². The van der Waals surface area contributed by atoms with E-state index in [9.17, 15) is 18.0 Å². The van der Waals surface area contributed by atoms with Gasteiger partial charge in [0, 0.05) is 13.1 Å². The van der Waals surface area contributed by atoms with Crippen LogP contribution in [0.1, 0.15) is 45.6 Å². The Hall–Kier alpha value is -3.07. The molecule has 1 N–H and O–H groups in total. The number of hydrogen-bond acceptors (Lipinski definition) is 5. The number of benzene rings is 2. The van der Waals surface area contributed by atoms with Gasteiger partial charge < -0.3 is 15.0 Å². The maximum absolute atomic E-state index is 13.6. The van der Waals surface area contributed by atoms with Crippen LogP contribution in [0, 0.1) is 0 Å². The summed E-state index contributed by atoms with van der Waals surface area (Å²) in [5.41, 5.74) is 1.39. The minimum Gasteiger partial charge on any atom is -0.494 e. The SMILES string of the molecule is CCCCNC(=O)[C@@H](CC)N(CCc1ccccc1)C(=O)CN(c1ccc(OCC)cc1)S(C)(=O)=O. The molecular weight excluding hydrogens is 478 g/mol. The molecule has 0 spiro atoms. The maximum atomic E-state index is 13.6. The van der Waals surface area contributed by atoms with Crippen LogP contribution >= 0.6 is 0 Å². The van der Waals surface area contributed by atoms with Crippen molar-refractivity contribution < 1.29 is 22.7 Å². The van der Waals surface area contributed by atoms with Crippen molar-refractivity contribution in [1.82, 2.24) is 10.2 Å². The summed E-state index contributed by atoms with van der Waals surface area (Å²) in [5, 5.41) is 2.92. The number of rotatable bonds is 15. The van der Waals surface area contributed by atoms with E-state index >= 15 is 0 Å². The molecule has 0 aliphatic carbocycles. The Morgan fingerprint density at radius 2 is 1.67 bits per heavy atom. The summed E-state index contributed by atoms with van der Waals surface area (Å²) in [5.74, 6) is -0.0395. The fraction of sp³-hybridized carbons (Fsp3) is 0.481. The molecule has 2 aromatic carbocycles. The lowest BCUT2D eigenvalue weighted by Crippen LogP contribution is -2.53. The molecule has 0 heterocycles. The Kier molecular flexibility index (Phi) is 11.7. The maximum Gasteiger partial charge on any atom is 0.244 e. The topological polar surface area (TPSA) is 96.0 Å². The average Bonchev–Trinajstić information content (AvgIpc) is 2.85. The van der Waals surface area contributed by atoms with E-state index in [1.54, 1.807) is 24.3 Å². The molecule has 0 aliphatic rings. The van der Waals surface area contributed by atoms with Crippen molar-refractivity contribution in [2.75, 3.05) is 36.8 Å². The molecule has 0 saturated heterocycles. The summed E-state index contributed by atoms with van der Waals surface area (Å²) in [6, 6.07) is 15.6. The molecule has 9 heteroatoms. The van der Waals surface area contributed by atoms with E-state index in [0.29, 0.717) is 44.0 Å². The smallest absolute Gasteiger partial charge is 0.244 e. The molecule has 0 unspecified atom stereocenters. The lowest BCUT2D eigenvalue weighted by Gasteiger charge is -2.33. The second-order valence-electron chi connectivity index (χ2n) is 8.59. The molecule has 0 saturated carbocycles. The molecule has 0 bridgehead atoms. The lowest BCUT2D eigenvalue weighted by atomic mass is 10.1. The molecule has 198 valence electrons. The molecular formula is C27H39N3O5S. The number of carbonyl (C=O) groups excluding carboxylic acids is 2. The van der Waals surface area contributed by atoms with Gasteiger partial charge in [0.15, 0.2) is 0 Å². The molecule has 0 radical (unpaired) electrons. The number of unbranched alkanes of at least 4 members (excludes halogenated alkanes) is 1. The van der Waals surface area contributed by atoms with Crippen LogP contribution in [0.5, 0.6) is 5.75 Å². The van der Waals surface area contributed by atoms with Crippen LogP contribution in [0.15, 0.2) is 54.6 Å². The summed E-state index contributed by atoms with van der Waals surface area (Å²) in [7, 11) is -3.76. The predicted octanol–water partition coefficient (Wildman–Crippen LogP) is 3.62. The van der Waals surface area contributed by atoms with Gasteiger partial charge in [0.2, 0.25) is 21.8 Å². The summed E-state index contributed by atoms with van der Waals surface area (Å²) >= 11 is 0. The van der Waals surface area contributed by atoms with Crippen LogP contribution < -0.4 is 14.4 Å². The lowest BCUT2D eigenvalue weighted by molar-refractivity contribution is -0.139. The normalized spacial score (nSPS) is 12.0. The molecule has 0 fully saturated rings. The van der Waals surface area contributed by atoms with Crippen molar-refractivity contribution in [3.8, 4) is 5.75 Å². The van der Waals surface area contributed by atoms with Gasteiger partial charge in [0.25, 0.3) is 0 Å². The van der Waals surface area contributed by atoms with Gasteiger partial charge in [-0.05, 0) is 56.0 Å². The third kappa shape index (κ3) is 8.86. The fourth-order valence-electron chi connectivity index (χ4n) is 3.89. The monoisotopic (exact) mass is 517 g/mol. The van der Waals surface area contributed by atoms with E-state index in [2.05, 4.69) is 5.32 Å². The second-order valence-corrected chi connectivity index (χ2v) is 10.5. The predicted molar refractivity (Wildman–Crippen MR) is 144 cm³/mol. The zero-order chi connectivity index (χ0) is 26.6. The number of nitrogens with zero attached hydrogens (tertiary/aromatic N) is 2. The van der Waals surface area contributed by atoms with E-state index < -0.39 is 28.5 Å². The van der Waals surface area contributed by atoms with Crippen molar-refractivity contribution in [1.29, 1.82) is 0 Å². The van der Waals surface area contributed by atoms with Crippen LogP contribution in [0.25, 0.3) is 0 Å².